The van der Waals surface area contributed by atoms with Gasteiger partial charge in [0.15, 0.2) is 0 Å². The number of rotatable bonds is 5. The van der Waals surface area contributed by atoms with Gasteiger partial charge in [0.1, 0.15) is 5.82 Å². The summed E-state index contributed by atoms with van der Waals surface area (Å²) in [4.78, 5) is 26.2. The van der Waals surface area contributed by atoms with Gasteiger partial charge in [0.2, 0.25) is 5.95 Å². The number of nitrogens with zero attached hydrogens (tertiary/aromatic N) is 4. The number of nitrogens with two attached hydrogens (primary N) is 1. The molecule has 4 heterocycles. The van der Waals surface area contributed by atoms with Crippen molar-refractivity contribution < 1.29 is 9.84 Å². The molecule has 3 aromatic rings. The Morgan fingerprint density at radius 3 is 2.57 bits per heavy atom. The maximum absolute atomic E-state index is 13.4. The molecule has 9 nitrogen and oxygen atoms in total. The maximum atomic E-state index is 13.4. The van der Waals surface area contributed by atoms with Crippen molar-refractivity contribution in [2.24, 2.45) is 5.41 Å². The van der Waals surface area contributed by atoms with Crippen LogP contribution in [0.5, 0.6) is 0 Å². The second-order valence-electron chi connectivity index (χ2n) is 8.92. The van der Waals surface area contributed by atoms with Crippen molar-refractivity contribution in [3.63, 3.8) is 0 Å². The molecule has 1 aliphatic heterocycles. The lowest BCUT2D eigenvalue weighted by molar-refractivity contribution is -0.145. The lowest BCUT2D eigenvalue weighted by atomic mass is 9.87. The smallest absolute Gasteiger partial charge is 0.262 e. The van der Waals surface area contributed by atoms with E-state index in [1.165, 1.54) is 0 Å². The lowest BCUT2D eigenvalue weighted by Crippen LogP contribution is -2.50. The van der Waals surface area contributed by atoms with Crippen molar-refractivity contribution in [3.05, 3.63) is 41.1 Å². The monoisotopic (exact) mass is 410 g/mol. The van der Waals surface area contributed by atoms with Gasteiger partial charge in [-0.05, 0) is 38.3 Å². The molecule has 0 unspecified atom stereocenters. The van der Waals surface area contributed by atoms with E-state index in [9.17, 15) is 9.90 Å². The van der Waals surface area contributed by atoms with Crippen LogP contribution < -0.4 is 16.6 Å². The van der Waals surface area contributed by atoms with Gasteiger partial charge in [-0.2, -0.15) is 0 Å². The van der Waals surface area contributed by atoms with Crippen LogP contribution >= 0.6 is 0 Å². The van der Waals surface area contributed by atoms with Crippen LogP contribution in [0.3, 0.4) is 0 Å². The Bertz CT molecular complexity index is 1120. The van der Waals surface area contributed by atoms with E-state index in [2.05, 4.69) is 15.3 Å². The van der Waals surface area contributed by atoms with E-state index in [0.29, 0.717) is 42.2 Å². The fourth-order valence-electron chi connectivity index (χ4n) is 3.48. The third-order valence-electron chi connectivity index (χ3n) is 5.08. The van der Waals surface area contributed by atoms with Gasteiger partial charge in [0.25, 0.3) is 5.56 Å². The minimum Gasteiger partial charge on any atom is -0.396 e. The number of hydrogen-bond acceptors (Lipinski definition) is 8. The van der Waals surface area contributed by atoms with Crippen LogP contribution in [0, 0.1) is 5.41 Å². The number of anilines is 2. The van der Waals surface area contributed by atoms with Crippen LogP contribution in [0.4, 0.5) is 11.8 Å². The second-order valence-corrected chi connectivity index (χ2v) is 8.92. The van der Waals surface area contributed by atoms with Crippen molar-refractivity contribution in [3.8, 4) is 11.3 Å². The van der Waals surface area contributed by atoms with E-state index in [4.69, 9.17) is 15.5 Å². The first-order chi connectivity index (χ1) is 14.2. The molecule has 0 radical (unpaired) electrons. The quantitative estimate of drug-likeness (QED) is 0.579. The Kier molecular flexibility index (Phi) is 4.95. The molecular formula is C21H26N6O3. The summed E-state index contributed by atoms with van der Waals surface area (Å²) in [6, 6.07) is 3.73. The predicted molar refractivity (Wildman–Crippen MR) is 115 cm³/mol. The molecule has 9 heteroatoms. The summed E-state index contributed by atoms with van der Waals surface area (Å²) in [5.74, 6) is 0.683. The van der Waals surface area contributed by atoms with Crippen LogP contribution in [-0.2, 0) is 11.3 Å². The molecule has 0 aliphatic carbocycles. The number of pyridine rings is 2. The Labute approximate surface area is 173 Å². The Hall–Kier alpha value is -3.04. The van der Waals surface area contributed by atoms with Crippen molar-refractivity contribution in [1.82, 2.24) is 19.5 Å². The molecule has 0 amide bonds. The number of ether oxygens (including phenoxy) is 1. The zero-order valence-electron chi connectivity index (χ0n) is 17.3. The number of aromatic nitrogens is 4. The molecule has 4 rings (SSSR count). The fourth-order valence-corrected chi connectivity index (χ4v) is 3.48. The number of aliphatic hydroxyl groups excluding tert-OH is 1. The summed E-state index contributed by atoms with van der Waals surface area (Å²) < 4.78 is 6.90. The lowest BCUT2D eigenvalue weighted by Gasteiger charge is -2.40. The van der Waals surface area contributed by atoms with E-state index in [1.807, 2.05) is 32.9 Å². The molecule has 0 atom stereocenters. The SMILES string of the molecule is CC(C)(C)Nc1nc(-c2cnc(N)nc2)cc2ccn(CC3(CO)COC3)c(=O)c12. The van der Waals surface area contributed by atoms with Crippen molar-refractivity contribution in [1.29, 1.82) is 0 Å². The van der Waals surface area contributed by atoms with Gasteiger partial charge in [-0.25, -0.2) is 15.0 Å². The highest BCUT2D eigenvalue weighted by Crippen LogP contribution is 2.30. The van der Waals surface area contributed by atoms with Crippen molar-refractivity contribution in [2.75, 3.05) is 30.9 Å². The summed E-state index contributed by atoms with van der Waals surface area (Å²) in [7, 11) is 0. The molecule has 0 bridgehead atoms. The van der Waals surface area contributed by atoms with Crippen molar-refractivity contribution in [2.45, 2.75) is 32.9 Å². The molecule has 0 spiro atoms. The van der Waals surface area contributed by atoms with Gasteiger partial charge >= 0.3 is 0 Å². The Balaban J connectivity index is 1.86. The van der Waals surface area contributed by atoms with Crippen molar-refractivity contribution >= 4 is 22.5 Å². The van der Waals surface area contributed by atoms with Gasteiger partial charge < -0.3 is 25.5 Å². The van der Waals surface area contributed by atoms with E-state index in [0.717, 1.165) is 5.39 Å². The van der Waals surface area contributed by atoms with Gasteiger partial charge in [0, 0.05) is 36.2 Å². The predicted octanol–water partition coefficient (Wildman–Crippen LogP) is 1.66. The van der Waals surface area contributed by atoms with E-state index < -0.39 is 5.41 Å². The number of nitrogens with one attached hydrogen (secondary N) is 1. The van der Waals surface area contributed by atoms with Crippen LogP contribution in [0.2, 0.25) is 0 Å². The number of aliphatic hydroxyl groups is 1. The summed E-state index contributed by atoms with van der Waals surface area (Å²) >= 11 is 0. The van der Waals surface area contributed by atoms with Gasteiger partial charge in [0.05, 0.1) is 36.3 Å². The van der Waals surface area contributed by atoms with Gasteiger partial charge in [-0.1, -0.05) is 0 Å². The molecular weight excluding hydrogens is 384 g/mol. The molecule has 30 heavy (non-hydrogen) atoms. The zero-order valence-corrected chi connectivity index (χ0v) is 17.3. The molecule has 0 saturated carbocycles. The average molecular weight is 410 g/mol. The Morgan fingerprint density at radius 2 is 2.00 bits per heavy atom. The highest BCUT2D eigenvalue weighted by molar-refractivity contribution is 5.94. The standard InChI is InChI=1S/C21H26N6O3/c1-20(2,3)26-17-16-13(6-15(25-17)14-7-23-19(22)24-8-14)4-5-27(18(16)29)9-21(10-28)11-30-12-21/h4-8,28H,9-12H2,1-3H3,(H,25,26)(H2,22,23,24). The topological polar surface area (TPSA) is 128 Å². The molecule has 1 aliphatic rings. The Morgan fingerprint density at radius 1 is 1.30 bits per heavy atom. The third kappa shape index (κ3) is 3.86. The van der Waals surface area contributed by atoms with Crippen LogP contribution in [0.15, 0.2) is 35.5 Å². The summed E-state index contributed by atoms with van der Waals surface area (Å²) in [5, 5.41) is 14.4. The largest absolute Gasteiger partial charge is 0.396 e. The normalized spacial score (nSPS) is 15.7. The molecule has 3 aromatic heterocycles. The summed E-state index contributed by atoms with van der Waals surface area (Å²) in [6.45, 7) is 7.26. The highest BCUT2D eigenvalue weighted by Gasteiger charge is 2.38. The molecule has 158 valence electrons. The fraction of sp³-hybridized carbons (Fsp3) is 0.429. The van der Waals surface area contributed by atoms with E-state index >= 15 is 0 Å². The van der Waals surface area contributed by atoms with E-state index in [-0.39, 0.29) is 23.7 Å². The van der Waals surface area contributed by atoms with Gasteiger partial charge in [-0.3, -0.25) is 4.79 Å². The summed E-state index contributed by atoms with van der Waals surface area (Å²) in [6.07, 6.45) is 4.98. The first-order valence-electron chi connectivity index (χ1n) is 9.79. The molecule has 1 saturated heterocycles. The first-order valence-corrected chi connectivity index (χ1v) is 9.79. The second kappa shape index (κ2) is 7.33. The minimum atomic E-state index is -0.413. The van der Waals surface area contributed by atoms with Crippen LogP contribution in [0.25, 0.3) is 22.0 Å². The maximum Gasteiger partial charge on any atom is 0.262 e. The molecule has 0 aromatic carbocycles. The molecule has 4 N–H and O–H groups in total. The number of hydrogen-bond donors (Lipinski definition) is 3. The van der Waals surface area contributed by atoms with E-state index in [1.54, 1.807) is 23.2 Å². The first kappa shape index (κ1) is 20.2. The third-order valence-corrected chi connectivity index (χ3v) is 5.08. The molecule has 1 fully saturated rings. The minimum absolute atomic E-state index is 0.0289. The number of fused-ring (bicyclic) bond motifs is 1. The van der Waals surface area contributed by atoms with Crippen LogP contribution in [0.1, 0.15) is 20.8 Å². The van der Waals surface area contributed by atoms with Crippen LogP contribution in [-0.4, -0.2) is 50.0 Å². The van der Waals surface area contributed by atoms with Gasteiger partial charge in [-0.15, -0.1) is 0 Å². The highest BCUT2D eigenvalue weighted by atomic mass is 16.5. The zero-order chi connectivity index (χ0) is 21.5. The summed E-state index contributed by atoms with van der Waals surface area (Å²) in [5.41, 5.74) is 6.07. The number of nitrogen functional groups attached to an aromatic ring is 1. The average Bonchev–Trinajstić information content (AvgIpc) is 2.65.